The molecular weight excluding hydrogens is 236 g/mol. The molecule has 1 aromatic carbocycles. The predicted molar refractivity (Wildman–Crippen MR) is 79.5 cm³/mol. The highest BCUT2D eigenvalue weighted by atomic mass is 16.5. The Morgan fingerprint density at radius 2 is 2.05 bits per heavy atom. The number of hydrogen-bond acceptors (Lipinski definition) is 3. The zero-order valence-corrected chi connectivity index (χ0v) is 11.9. The van der Waals surface area contributed by atoms with Crippen LogP contribution in [0, 0.1) is 0 Å². The second kappa shape index (κ2) is 6.53. The Kier molecular flexibility index (Phi) is 4.74. The molecule has 0 saturated heterocycles. The number of nitrogens with zero attached hydrogens (tertiary/aromatic N) is 1. The third-order valence-electron chi connectivity index (χ3n) is 3.20. The Morgan fingerprint density at radius 1 is 1.26 bits per heavy atom. The highest BCUT2D eigenvalue weighted by Crippen LogP contribution is 2.25. The SMILES string of the molecule is CCNCc1cc2ccccc2c(OC(C)CC)n1. The van der Waals surface area contributed by atoms with Gasteiger partial charge in [0.1, 0.15) is 0 Å². The largest absolute Gasteiger partial charge is 0.474 e. The quantitative estimate of drug-likeness (QED) is 0.860. The molecular formula is C16H22N2O. The van der Waals surface area contributed by atoms with Crippen LogP contribution in [-0.2, 0) is 6.54 Å². The van der Waals surface area contributed by atoms with Gasteiger partial charge in [0.2, 0.25) is 5.88 Å². The molecule has 0 saturated carbocycles. The van der Waals surface area contributed by atoms with E-state index in [0.29, 0.717) is 0 Å². The van der Waals surface area contributed by atoms with Gasteiger partial charge in [-0.3, -0.25) is 0 Å². The summed E-state index contributed by atoms with van der Waals surface area (Å²) in [7, 11) is 0. The van der Waals surface area contributed by atoms with Gasteiger partial charge in [0.05, 0.1) is 11.8 Å². The number of pyridine rings is 1. The topological polar surface area (TPSA) is 34.1 Å². The minimum Gasteiger partial charge on any atom is -0.474 e. The molecule has 2 aromatic rings. The average Bonchev–Trinajstić information content (AvgIpc) is 2.45. The molecule has 0 aliphatic carbocycles. The highest BCUT2D eigenvalue weighted by Gasteiger charge is 2.09. The van der Waals surface area contributed by atoms with Crippen LogP contribution >= 0.6 is 0 Å². The monoisotopic (exact) mass is 258 g/mol. The van der Waals surface area contributed by atoms with Crippen LogP contribution in [0.2, 0.25) is 0 Å². The summed E-state index contributed by atoms with van der Waals surface area (Å²) in [5.41, 5.74) is 1.03. The van der Waals surface area contributed by atoms with Crippen molar-refractivity contribution in [1.29, 1.82) is 0 Å². The Morgan fingerprint density at radius 3 is 2.79 bits per heavy atom. The van der Waals surface area contributed by atoms with Crippen molar-refractivity contribution in [2.45, 2.75) is 39.8 Å². The maximum Gasteiger partial charge on any atom is 0.221 e. The minimum atomic E-state index is 0.185. The molecule has 3 nitrogen and oxygen atoms in total. The van der Waals surface area contributed by atoms with E-state index in [4.69, 9.17) is 4.74 Å². The molecule has 1 aromatic heterocycles. The van der Waals surface area contributed by atoms with Crippen LogP contribution in [0.3, 0.4) is 0 Å². The molecule has 2 rings (SSSR count). The zero-order chi connectivity index (χ0) is 13.7. The van der Waals surface area contributed by atoms with E-state index in [9.17, 15) is 0 Å². The van der Waals surface area contributed by atoms with Crippen LogP contribution in [0.5, 0.6) is 5.88 Å². The Bertz CT molecular complexity index is 539. The van der Waals surface area contributed by atoms with Gasteiger partial charge < -0.3 is 10.1 Å². The van der Waals surface area contributed by atoms with E-state index in [1.165, 1.54) is 5.39 Å². The summed E-state index contributed by atoms with van der Waals surface area (Å²) in [5, 5.41) is 5.58. The van der Waals surface area contributed by atoms with E-state index in [-0.39, 0.29) is 6.10 Å². The van der Waals surface area contributed by atoms with Crippen LogP contribution in [0.25, 0.3) is 10.8 Å². The zero-order valence-electron chi connectivity index (χ0n) is 11.9. The molecule has 1 atom stereocenters. The summed E-state index contributed by atoms with van der Waals surface area (Å²) in [4.78, 5) is 4.64. The van der Waals surface area contributed by atoms with Gasteiger partial charge in [-0.05, 0) is 37.4 Å². The van der Waals surface area contributed by atoms with E-state index in [0.717, 1.165) is 36.5 Å². The van der Waals surface area contributed by atoms with Crippen molar-refractivity contribution >= 4 is 10.8 Å². The summed E-state index contributed by atoms with van der Waals surface area (Å²) in [6.07, 6.45) is 1.17. The highest BCUT2D eigenvalue weighted by molar-refractivity contribution is 5.87. The number of aromatic nitrogens is 1. The second-order valence-corrected chi connectivity index (χ2v) is 4.76. The summed E-state index contributed by atoms with van der Waals surface area (Å²) >= 11 is 0. The summed E-state index contributed by atoms with van der Waals surface area (Å²) in [6, 6.07) is 10.4. The lowest BCUT2D eigenvalue weighted by atomic mass is 10.1. The van der Waals surface area contributed by atoms with Crippen molar-refractivity contribution in [1.82, 2.24) is 10.3 Å². The van der Waals surface area contributed by atoms with Crippen molar-refractivity contribution in [2.75, 3.05) is 6.54 Å². The second-order valence-electron chi connectivity index (χ2n) is 4.76. The number of fused-ring (bicyclic) bond motifs is 1. The molecule has 0 aliphatic heterocycles. The van der Waals surface area contributed by atoms with E-state index in [1.807, 2.05) is 12.1 Å². The summed E-state index contributed by atoms with van der Waals surface area (Å²) < 4.78 is 5.96. The minimum absolute atomic E-state index is 0.185. The van der Waals surface area contributed by atoms with E-state index >= 15 is 0 Å². The van der Waals surface area contributed by atoms with Crippen LogP contribution in [0.15, 0.2) is 30.3 Å². The normalized spacial score (nSPS) is 12.6. The number of benzene rings is 1. The van der Waals surface area contributed by atoms with Crippen molar-refractivity contribution in [2.24, 2.45) is 0 Å². The average molecular weight is 258 g/mol. The maximum absolute atomic E-state index is 5.96. The van der Waals surface area contributed by atoms with Crippen LogP contribution in [0.4, 0.5) is 0 Å². The van der Waals surface area contributed by atoms with Crippen LogP contribution in [-0.4, -0.2) is 17.6 Å². The molecule has 1 N–H and O–H groups in total. The lowest BCUT2D eigenvalue weighted by Crippen LogP contribution is -2.15. The lowest BCUT2D eigenvalue weighted by molar-refractivity contribution is 0.211. The van der Waals surface area contributed by atoms with Crippen LogP contribution < -0.4 is 10.1 Å². The summed E-state index contributed by atoms with van der Waals surface area (Å²) in [6.45, 7) is 8.01. The molecule has 19 heavy (non-hydrogen) atoms. The molecule has 1 heterocycles. The first kappa shape index (κ1) is 13.8. The fourth-order valence-electron chi connectivity index (χ4n) is 1.93. The molecule has 0 radical (unpaired) electrons. The van der Waals surface area contributed by atoms with Gasteiger partial charge in [0, 0.05) is 11.9 Å². The lowest BCUT2D eigenvalue weighted by Gasteiger charge is -2.15. The van der Waals surface area contributed by atoms with Gasteiger partial charge in [0.25, 0.3) is 0 Å². The van der Waals surface area contributed by atoms with Crippen molar-refractivity contribution in [3.8, 4) is 5.88 Å². The molecule has 0 aliphatic rings. The van der Waals surface area contributed by atoms with Gasteiger partial charge in [-0.25, -0.2) is 4.98 Å². The number of hydrogen-bond donors (Lipinski definition) is 1. The van der Waals surface area contributed by atoms with Gasteiger partial charge in [-0.1, -0.05) is 32.0 Å². The Labute approximate surface area is 115 Å². The smallest absolute Gasteiger partial charge is 0.221 e. The fraction of sp³-hybridized carbons (Fsp3) is 0.438. The first-order chi connectivity index (χ1) is 9.24. The van der Waals surface area contributed by atoms with Crippen molar-refractivity contribution in [3.63, 3.8) is 0 Å². The molecule has 0 fully saturated rings. The fourth-order valence-corrected chi connectivity index (χ4v) is 1.93. The standard InChI is InChI=1S/C16H22N2O/c1-4-12(3)19-16-15-9-7-6-8-13(15)10-14(18-16)11-17-5-2/h6-10,12,17H,4-5,11H2,1-3H3. The molecule has 1 unspecified atom stereocenters. The number of nitrogens with one attached hydrogen (secondary N) is 1. The Balaban J connectivity index is 2.39. The van der Waals surface area contributed by atoms with E-state index in [1.54, 1.807) is 0 Å². The first-order valence-corrected chi connectivity index (χ1v) is 7.00. The van der Waals surface area contributed by atoms with E-state index in [2.05, 4.69) is 49.3 Å². The summed E-state index contributed by atoms with van der Waals surface area (Å²) in [5.74, 6) is 0.750. The van der Waals surface area contributed by atoms with Gasteiger partial charge >= 0.3 is 0 Å². The van der Waals surface area contributed by atoms with E-state index < -0.39 is 0 Å². The molecule has 0 spiro atoms. The maximum atomic E-state index is 5.96. The molecule has 0 bridgehead atoms. The van der Waals surface area contributed by atoms with Gasteiger partial charge in [0.15, 0.2) is 0 Å². The van der Waals surface area contributed by atoms with Gasteiger partial charge in [-0.15, -0.1) is 0 Å². The van der Waals surface area contributed by atoms with Crippen molar-refractivity contribution in [3.05, 3.63) is 36.0 Å². The third kappa shape index (κ3) is 3.44. The molecule has 102 valence electrons. The molecule has 0 amide bonds. The number of rotatable bonds is 6. The third-order valence-corrected chi connectivity index (χ3v) is 3.20. The first-order valence-electron chi connectivity index (χ1n) is 7.00. The van der Waals surface area contributed by atoms with Crippen LogP contribution in [0.1, 0.15) is 32.9 Å². The molecule has 3 heteroatoms. The predicted octanol–water partition coefficient (Wildman–Crippen LogP) is 3.52. The van der Waals surface area contributed by atoms with Crippen molar-refractivity contribution < 1.29 is 4.74 Å². The Hall–Kier alpha value is -1.61. The van der Waals surface area contributed by atoms with Gasteiger partial charge in [-0.2, -0.15) is 0 Å². The number of ether oxygens (including phenoxy) is 1.